The monoisotopic (exact) mass is 372 g/mol. The number of nitrogen functional groups attached to an aromatic ring is 1. The second-order valence-corrected chi connectivity index (χ2v) is 5.32. The number of imide groups is 1. The predicted octanol–water partition coefficient (Wildman–Crippen LogP) is 1.36. The van der Waals surface area contributed by atoms with Crippen LogP contribution in [0.25, 0.3) is 0 Å². The Morgan fingerprint density at radius 3 is 2.48 bits per heavy atom. The number of nitrogens with zero attached hydrogens (tertiary/aromatic N) is 1. The number of nitro groups is 1. The molecule has 3 amide bonds. The summed E-state index contributed by atoms with van der Waals surface area (Å²) < 4.78 is 4.73. The molecule has 0 atom stereocenters. The van der Waals surface area contributed by atoms with E-state index in [1.807, 2.05) is 11.4 Å². The number of nitrogens with one attached hydrogen (secondary N) is 2. The first-order valence-corrected chi connectivity index (χ1v) is 7.69. The average Bonchev–Trinajstić information content (AvgIpc) is 2.65. The SMILES string of the molecule is Nc1ccc(C(=O)OCC(=O)NC(=O)NCc2ccccc2)cc1[N+](=O)[O-]. The lowest BCUT2D eigenvalue weighted by atomic mass is 10.2. The third kappa shape index (κ3) is 5.81. The smallest absolute Gasteiger partial charge is 0.338 e. The van der Waals surface area contributed by atoms with Gasteiger partial charge in [-0.1, -0.05) is 30.3 Å². The number of hydrogen-bond acceptors (Lipinski definition) is 7. The highest BCUT2D eigenvalue weighted by atomic mass is 16.6. The van der Waals surface area contributed by atoms with Gasteiger partial charge >= 0.3 is 12.0 Å². The molecule has 0 unspecified atom stereocenters. The van der Waals surface area contributed by atoms with Crippen LogP contribution >= 0.6 is 0 Å². The molecule has 0 bridgehead atoms. The lowest BCUT2D eigenvalue weighted by Gasteiger charge is -2.08. The molecule has 0 saturated carbocycles. The zero-order valence-corrected chi connectivity index (χ0v) is 14.0. The second kappa shape index (κ2) is 8.94. The number of esters is 1. The Bertz CT molecular complexity index is 869. The highest BCUT2D eigenvalue weighted by molar-refractivity contribution is 5.97. The number of hydrogen-bond donors (Lipinski definition) is 3. The maximum Gasteiger partial charge on any atom is 0.338 e. The molecule has 0 fully saturated rings. The van der Waals surface area contributed by atoms with E-state index in [0.29, 0.717) is 0 Å². The van der Waals surface area contributed by atoms with Gasteiger partial charge in [0, 0.05) is 12.6 Å². The fourth-order valence-corrected chi connectivity index (χ4v) is 2.03. The summed E-state index contributed by atoms with van der Waals surface area (Å²) in [6.45, 7) is -0.509. The van der Waals surface area contributed by atoms with E-state index in [-0.39, 0.29) is 17.8 Å². The van der Waals surface area contributed by atoms with Crippen LogP contribution in [0.5, 0.6) is 0 Å². The van der Waals surface area contributed by atoms with Crippen molar-refractivity contribution >= 4 is 29.3 Å². The molecule has 0 saturated heterocycles. The molecule has 10 heteroatoms. The number of rotatable bonds is 6. The van der Waals surface area contributed by atoms with Gasteiger partial charge in [-0.05, 0) is 17.7 Å². The van der Waals surface area contributed by atoms with Crippen LogP contribution in [0.3, 0.4) is 0 Å². The molecule has 0 aliphatic rings. The van der Waals surface area contributed by atoms with E-state index < -0.39 is 35.1 Å². The minimum Gasteiger partial charge on any atom is -0.452 e. The molecule has 0 spiro atoms. The molecule has 4 N–H and O–H groups in total. The Balaban J connectivity index is 1.81. The Hall–Kier alpha value is -3.95. The van der Waals surface area contributed by atoms with Crippen LogP contribution < -0.4 is 16.4 Å². The Morgan fingerprint density at radius 1 is 1.11 bits per heavy atom. The number of ether oxygens (including phenoxy) is 1. The van der Waals surface area contributed by atoms with Crippen molar-refractivity contribution in [3.63, 3.8) is 0 Å². The van der Waals surface area contributed by atoms with Gasteiger partial charge in [-0.3, -0.25) is 20.2 Å². The third-order valence-electron chi connectivity index (χ3n) is 3.35. The fourth-order valence-electron chi connectivity index (χ4n) is 2.03. The number of amides is 3. The van der Waals surface area contributed by atoms with Gasteiger partial charge in [0.15, 0.2) is 6.61 Å². The van der Waals surface area contributed by atoms with Gasteiger partial charge in [0.2, 0.25) is 0 Å². The van der Waals surface area contributed by atoms with Gasteiger partial charge in [-0.2, -0.15) is 0 Å². The van der Waals surface area contributed by atoms with E-state index in [2.05, 4.69) is 5.32 Å². The topological polar surface area (TPSA) is 154 Å². The van der Waals surface area contributed by atoms with Crippen molar-refractivity contribution in [1.82, 2.24) is 10.6 Å². The van der Waals surface area contributed by atoms with Crippen molar-refractivity contribution in [2.75, 3.05) is 12.3 Å². The van der Waals surface area contributed by atoms with Crippen LogP contribution in [0.1, 0.15) is 15.9 Å². The van der Waals surface area contributed by atoms with E-state index in [0.717, 1.165) is 11.6 Å². The molecule has 2 aromatic carbocycles. The van der Waals surface area contributed by atoms with Crippen LogP contribution in [0.4, 0.5) is 16.2 Å². The van der Waals surface area contributed by atoms with E-state index >= 15 is 0 Å². The summed E-state index contributed by atoms with van der Waals surface area (Å²) in [6.07, 6.45) is 0. The summed E-state index contributed by atoms with van der Waals surface area (Å²) in [6, 6.07) is 11.7. The molecule has 2 aromatic rings. The van der Waals surface area contributed by atoms with Gasteiger partial charge in [-0.25, -0.2) is 9.59 Å². The van der Waals surface area contributed by atoms with Crippen LogP contribution in [-0.4, -0.2) is 29.4 Å². The average molecular weight is 372 g/mol. The maximum absolute atomic E-state index is 11.9. The van der Waals surface area contributed by atoms with E-state index in [1.165, 1.54) is 12.1 Å². The zero-order valence-electron chi connectivity index (χ0n) is 14.0. The lowest BCUT2D eigenvalue weighted by molar-refractivity contribution is -0.383. The number of anilines is 1. The lowest BCUT2D eigenvalue weighted by Crippen LogP contribution is -2.41. The zero-order chi connectivity index (χ0) is 19.8. The summed E-state index contributed by atoms with van der Waals surface area (Å²) in [5.74, 6) is -1.81. The molecule has 140 valence electrons. The van der Waals surface area contributed by atoms with Crippen molar-refractivity contribution in [3.05, 3.63) is 69.8 Å². The molecule has 10 nitrogen and oxygen atoms in total. The van der Waals surface area contributed by atoms with Crippen molar-refractivity contribution in [3.8, 4) is 0 Å². The Kier molecular flexibility index (Phi) is 6.42. The number of carbonyl (C=O) groups is 3. The molecule has 0 aliphatic heterocycles. The van der Waals surface area contributed by atoms with Gasteiger partial charge < -0.3 is 15.8 Å². The van der Waals surface area contributed by atoms with E-state index in [4.69, 9.17) is 10.5 Å². The third-order valence-corrected chi connectivity index (χ3v) is 3.35. The Labute approximate surface area is 153 Å². The second-order valence-electron chi connectivity index (χ2n) is 5.32. The van der Waals surface area contributed by atoms with Crippen LogP contribution in [-0.2, 0) is 16.1 Å². The maximum atomic E-state index is 11.9. The Morgan fingerprint density at radius 2 is 1.81 bits per heavy atom. The minimum atomic E-state index is -0.960. The van der Waals surface area contributed by atoms with Gasteiger partial charge in [0.25, 0.3) is 11.6 Å². The number of urea groups is 1. The van der Waals surface area contributed by atoms with Gasteiger partial charge in [-0.15, -0.1) is 0 Å². The van der Waals surface area contributed by atoms with Crippen molar-refractivity contribution in [1.29, 1.82) is 0 Å². The molecular formula is C17H16N4O6. The van der Waals surface area contributed by atoms with Crippen LogP contribution in [0.2, 0.25) is 0 Å². The van der Waals surface area contributed by atoms with Crippen molar-refractivity contribution < 1.29 is 24.0 Å². The first kappa shape index (κ1) is 19.4. The summed E-state index contributed by atoms with van der Waals surface area (Å²) in [7, 11) is 0. The predicted molar refractivity (Wildman–Crippen MR) is 94.6 cm³/mol. The minimum absolute atomic E-state index is 0.107. The molecule has 27 heavy (non-hydrogen) atoms. The highest BCUT2D eigenvalue weighted by Crippen LogP contribution is 2.22. The first-order chi connectivity index (χ1) is 12.9. The standard InChI is InChI=1S/C17H16N4O6/c18-13-7-6-12(8-14(13)21(25)26)16(23)27-10-15(22)20-17(24)19-9-11-4-2-1-3-5-11/h1-8H,9-10,18H2,(H2,19,20,22,24). The molecule has 2 rings (SSSR count). The normalized spacial score (nSPS) is 9.93. The van der Waals surface area contributed by atoms with Gasteiger partial charge in [0.05, 0.1) is 10.5 Å². The number of carbonyl (C=O) groups excluding carboxylic acids is 3. The molecule has 0 radical (unpaired) electrons. The fraction of sp³-hybridized carbons (Fsp3) is 0.118. The summed E-state index contributed by atoms with van der Waals surface area (Å²) in [4.78, 5) is 45.2. The number of nitro benzene ring substituents is 1. The summed E-state index contributed by atoms with van der Waals surface area (Å²) in [5, 5.41) is 15.3. The first-order valence-electron chi connectivity index (χ1n) is 7.69. The molecule has 0 heterocycles. The van der Waals surface area contributed by atoms with Crippen LogP contribution in [0.15, 0.2) is 48.5 Å². The summed E-state index contributed by atoms with van der Waals surface area (Å²) in [5.41, 5.74) is 5.58. The van der Waals surface area contributed by atoms with Crippen molar-refractivity contribution in [2.24, 2.45) is 0 Å². The largest absolute Gasteiger partial charge is 0.452 e. The quantitative estimate of drug-likeness (QED) is 0.299. The number of nitrogens with two attached hydrogens (primary N) is 1. The van der Waals surface area contributed by atoms with Crippen molar-refractivity contribution in [2.45, 2.75) is 6.54 Å². The van der Waals surface area contributed by atoms with E-state index in [1.54, 1.807) is 24.3 Å². The summed E-state index contributed by atoms with van der Waals surface area (Å²) >= 11 is 0. The number of benzene rings is 2. The van der Waals surface area contributed by atoms with Crippen LogP contribution in [0, 0.1) is 10.1 Å². The molecular weight excluding hydrogens is 356 g/mol. The highest BCUT2D eigenvalue weighted by Gasteiger charge is 2.18. The van der Waals surface area contributed by atoms with E-state index in [9.17, 15) is 24.5 Å². The molecule has 0 aromatic heterocycles. The molecule has 0 aliphatic carbocycles. The van der Waals surface area contributed by atoms with Gasteiger partial charge in [0.1, 0.15) is 5.69 Å².